The summed E-state index contributed by atoms with van der Waals surface area (Å²) in [6.45, 7) is 0.752. The van der Waals surface area contributed by atoms with Crippen molar-refractivity contribution < 1.29 is 9.53 Å². The lowest BCUT2D eigenvalue weighted by Gasteiger charge is -2.05. The molecule has 0 saturated carbocycles. The molecule has 1 amide bonds. The summed E-state index contributed by atoms with van der Waals surface area (Å²) in [6, 6.07) is 17.8. The minimum Gasteiger partial charge on any atom is -0.445 e. The summed E-state index contributed by atoms with van der Waals surface area (Å²) in [7, 11) is 0. The van der Waals surface area contributed by atoms with Crippen LogP contribution in [0.15, 0.2) is 60.0 Å². The van der Waals surface area contributed by atoms with E-state index in [1.54, 1.807) is 11.3 Å². The van der Waals surface area contributed by atoms with Crippen molar-refractivity contribution in [1.29, 1.82) is 0 Å². The normalized spacial score (nSPS) is 10.0. The van der Waals surface area contributed by atoms with Crippen LogP contribution in [0.4, 0.5) is 4.79 Å². The Morgan fingerprint density at radius 2 is 1.88 bits per heavy atom. The van der Waals surface area contributed by atoms with Crippen molar-refractivity contribution in [3.8, 4) is 11.8 Å². The first-order valence-electron chi connectivity index (χ1n) is 7.72. The Bertz CT molecular complexity index is 875. The maximum Gasteiger partial charge on any atom is 0.407 e. The Labute approximate surface area is 145 Å². The maximum absolute atomic E-state index is 11.6. The highest BCUT2D eigenvalue weighted by atomic mass is 32.1. The lowest BCUT2D eigenvalue weighted by molar-refractivity contribution is 0.140. The molecule has 1 N–H and O–H groups in total. The van der Waals surface area contributed by atoms with Crippen LogP contribution in [0, 0.1) is 11.8 Å². The predicted molar refractivity (Wildman–Crippen MR) is 97.9 cm³/mol. The average molecular weight is 335 g/mol. The van der Waals surface area contributed by atoms with Gasteiger partial charge in [-0.05, 0) is 11.6 Å². The minimum absolute atomic E-state index is 0.277. The molecular formula is C20H17NO2S. The third-order valence-corrected chi connectivity index (χ3v) is 4.40. The molecule has 0 radical (unpaired) electrons. The molecule has 0 aliphatic heterocycles. The van der Waals surface area contributed by atoms with Crippen molar-refractivity contribution in [3.05, 3.63) is 71.1 Å². The van der Waals surface area contributed by atoms with E-state index < -0.39 is 6.09 Å². The average Bonchev–Trinajstić information content (AvgIpc) is 3.04. The van der Waals surface area contributed by atoms with E-state index in [1.165, 1.54) is 10.1 Å². The van der Waals surface area contributed by atoms with Crippen LogP contribution >= 0.6 is 11.3 Å². The Morgan fingerprint density at radius 3 is 2.75 bits per heavy atom. The highest BCUT2D eigenvalue weighted by Gasteiger charge is 2.01. The number of carbonyl (C=O) groups excluding carboxylic acids is 1. The quantitative estimate of drug-likeness (QED) is 0.560. The zero-order valence-corrected chi connectivity index (χ0v) is 13.9. The summed E-state index contributed by atoms with van der Waals surface area (Å²) in [5.74, 6) is 6.26. The van der Waals surface area contributed by atoms with Gasteiger partial charge in [-0.3, -0.25) is 0 Å². The topological polar surface area (TPSA) is 38.3 Å². The van der Waals surface area contributed by atoms with E-state index in [0.717, 1.165) is 11.1 Å². The number of alkyl carbamates (subject to hydrolysis) is 1. The molecule has 3 aromatic rings. The van der Waals surface area contributed by atoms with Crippen molar-refractivity contribution in [2.24, 2.45) is 0 Å². The van der Waals surface area contributed by atoms with Crippen molar-refractivity contribution >= 4 is 27.5 Å². The minimum atomic E-state index is -0.415. The van der Waals surface area contributed by atoms with Gasteiger partial charge in [0.1, 0.15) is 6.61 Å². The number of nitrogens with one attached hydrogen (secondary N) is 1. The van der Waals surface area contributed by atoms with Crippen molar-refractivity contribution in [1.82, 2.24) is 5.32 Å². The van der Waals surface area contributed by atoms with E-state index in [-0.39, 0.29) is 6.61 Å². The number of carbonyl (C=O) groups is 1. The number of hydrogen-bond donors (Lipinski definition) is 1. The second kappa shape index (κ2) is 8.19. The standard InChI is InChI=1S/C20H17NO2S/c22-20(23-14-16-8-2-1-3-9-16)21-13-7-6-10-17-15-24-19-12-5-4-11-18(17)19/h1-5,8-9,11-12,15H,7,13-14H2,(H,21,22). The molecular weight excluding hydrogens is 318 g/mol. The van der Waals surface area contributed by atoms with Gasteiger partial charge in [-0.25, -0.2) is 4.79 Å². The second-order valence-electron chi connectivity index (χ2n) is 5.19. The zero-order valence-electron chi connectivity index (χ0n) is 13.1. The van der Waals surface area contributed by atoms with Crippen molar-refractivity contribution in [2.45, 2.75) is 13.0 Å². The van der Waals surface area contributed by atoms with Gasteiger partial charge < -0.3 is 10.1 Å². The number of ether oxygens (including phenoxy) is 1. The lowest BCUT2D eigenvalue weighted by atomic mass is 10.2. The van der Waals surface area contributed by atoms with Crippen LogP contribution in [0.3, 0.4) is 0 Å². The molecule has 2 aromatic carbocycles. The fraction of sp³-hybridized carbons (Fsp3) is 0.150. The van der Waals surface area contributed by atoms with Crippen LogP contribution < -0.4 is 5.32 Å². The van der Waals surface area contributed by atoms with Gasteiger partial charge in [0.2, 0.25) is 0 Å². The molecule has 24 heavy (non-hydrogen) atoms. The van der Waals surface area contributed by atoms with Gasteiger partial charge in [-0.15, -0.1) is 11.3 Å². The van der Waals surface area contributed by atoms with Gasteiger partial charge in [-0.2, -0.15) is 0 Å². The molecule has 0 saturated heterocycles. The molecule has 3 rings (SSSR count). The summed E-state index contributed by atoms with van der Waals surface area (Å²) in [6.07, 6.45) is 0.173. The number of hydrogen-bond acceptors (Lipinski definition) is 3. The SMILES string of the molecule is O=C(NCCC#Cc1csc2ccccc12)OCc1ccccc1. The highest BCUT2D eigenvalue weighted by Crippen LogP contribution is 2.24. The number of benzene rings is 2. The summed E-state index contributed by atoms with van der Waals surface area (Å²) >= 11 is 1.69. The van der Waals surface area contributed by atoms with Crippen LogP contribution in [0.1, 0.15) is 17.5 Å². The molecule has 1 aromatic heterocycles. The zero-order chi connectivity index (χ0) is 16.6. The molecule has 0 fully saturated rings. The fourth-order valence-corrected chi connectivity index (χ4v) is 3.13. The molecule has 0 aliphatic rings. The molecule has 0 aliphatic carbocycles. The van der Waals surface area contributed by atoms with E-state index in [4.69, 9.17) is 4.74 Å². The second-order valence-corrected chi connectivity index (χ2v) is 6.10. The van der Waals surface area contributed by atoms with E-state index in [1.807, 2.05) is 42.5 Å². The van der Waals surface area contributed by atoms with Crippen molar-refractivity contribution in [2.75, 3.05) is 6.54 Å². The van der Waals surface area contributed by atoms with Crippen LogP contribution in [-0.2, 0) is 11.3 Å². The molecule has 1 heterocycles. The van der Waals surface area contributed by atoms with Gasteiger partial charge in [0.05, 0.1) is 0 Å². The van der Waals surface area contributed by atoms with Crippen LogP contribution in [-0.4, -0.2) is 12.6 Å². The predicted octanol–water partition coefficient (Wildman–Crippen LogP) is 4.57. The molecule has 0 atom stereocenters. The summed E-state index contributed by atoms with van der Waals surface area (Å²) < 4.78 is 6.38. The van der Waals surface area contributed by atoms with Gasteiger partial charge in [0, 0.05) is 34.0 Å². The molecule has 4 heteroatoms. The third-order valence-electron chi connectivity index (χ3n) is 3.44. The first-order chi connectivity index (χ1) is 11.8. The molecule has 120 valence electrons. The maximum atomic E-state index is 11.6. The van der Waals surface area contributed by atoms with Crippen LogP contribution in [0.2, 0.25) is 0 Å². The first kappa shape index (κ1) is 16.1. The van der Waals surface area contributed by atoms with Gasteiger partial charge in [0.15, 0.2) is 0 Å². The van der Waals surface area contributed by atoms with Crippen LogP contribution in [0.5, 0.6) is 0 Å². The van der Waals surface area contributed by atoms with Gasteiger partial charge >= 0.3 is 6.09 Å². The molecule has 0 unspecified atom stereocenters. The first-order valence-corrected chi connectivity index (χ1v) is 8.60. The Balaban J connectivity index is 1.42. The van der Waals surface area contributed by atoms with E-state index in [9.17, 15) is 4.79 Å². The van der Waals surface area contributed by atoms with E-state index in [2.05, 4.69) is 34.7 Å². The summed E-state index contributed by atoms with van der Waals surface area (Å²) in [5, 5.41) is 5.96. The lowest BCUT2D eigenvalue weighted by Crippen LogP contribution is -2.24. The molecule has 0 spiro atoms. The number of rotatable bonds is 4. The third kappa shape index (κ3) is 4.37. The summed E-state index contributed by atoms with van der Waals surface area (Å²) in [4.78, 5) is 11.6. The Hall–Kier alpha value is -2.77. The van der Waals surface area contributed by atoms with Crippen LogP contribution in [0.25, 0.3) is 10.1 Å². The molecule has 0 bridgehead atoms. The highest BCUT2D eigenvalue weighted by molar-refractivity contribution is 7.17. The van der Waals surface area contributed by atoms with Gasteiger partial charge in [0.25, 0.3) is 0 Å². The Morgan fingerprint density at radius 1 is 1.08 bits per heavy atom. The van der Waals surface area contributed by atoms with Gasteiger partial charge in [-0.1, -0.05) is 60.4 Å². The largest absolute Gasteiger partial charge is 0.445 e. The van der Waals surface area contributed by atoms with Crippen molar-refractivity contribution in [3.63, 3.8) is 0 Å². The van der Waals surface area contributed by atoms with E-state index >= 15 is 0 Å². The monoisotopic (exact) mass is 335 g/mol. The number of thiophene rings is 1. The Kier molecular flexibility index (Phi) is 5.49. The number of fused-ring (bicyclic) bond motifs is 1. The molecule has 3 nitrogen and oxygen atoms in total. The number of amides is 1. The fourth-order valence-electron chi connectivity index (χ4n) is 2.23. The smallest absolute Gasteiger partial charge is 0.407 e. The van der Waals surface area contributed by atoms with E-state index in [0.29, 0.717) is 13.0 Å². The summed E-state index contributed by atoms with van der Waals surface area (Å²) in [5.41, 5.74) is 2.01.